The standard InChI is InChI=1S/C22H28N4O2.2ClH/c23-21(17-9-4-3-5-10-17)22(28)25-19-12-8-11-18(15-19)24-20(27)16-26-13-6-1-2-7-14-26;;/h3-5,8-12,15,21H,1-2,6-7,13-14,16,23H2,(H,24,27)(H,25,28);2*1H. The molecular formula is C22H30Cl2N4O2. The van der Waals surface area contributed by atoms with Gasteiger partial charge in [0.2, 0.25) is 11.8 Å². The van der Waals surface area contributed by atoms with Gasteiger partial charge in [0, 0.05) is 11.4 Å². The van der Waals surface area contributed by atoms with Crippen LogP contribution in [0.5, 0.6) is 0 Å². The highest BCUT2D eigenvalue weighted by molar-refractivity contribution is 5.97. The Labute approximate surface area is 190 Å². The fourth-order valence-electron chi connectivity index (χ4n) is 3.40. The van der Waals surface area contributed by atoms with Crippen LogP contribution in [0.1, 0.15) is 37.3 Å². The molecule has 1 aliphatic heterocycles. The number of hydrogen-bond acceptors (Lipinski definition) is 4. The molecule has 1 saturated heterocycles. The molecule has 164 valence electrons. The zero-order chi connectivity index (χ0) is 19.8. The number of carbonyl (C=O) groups is 2. The SMILES string of the molecule is Cl.Cl.NC(C(=O)Nc1cccc(NC(=O)CN2CCCCCC2)c1)c1ccccc1. The Hall–Kier alpha value is -2.12. The molecule has 0 radical (unpaired) electrons. The molecule has 2 aromatic carbocycles. The van der Waals surface area contributed by atoms with Crippen LogP contribution in [-0.2, 0) is 9.59 Å². The maximum atomic E-state index is 12.4. The van der Waals surface area contributed by atoms with Crippen molar-refractivity contribution in [2.75, 3.05) is 30.3 Å². The van der Waals surface area contributed by atoms with Crippen LogP contribution in [0.4, 0.5) is 11.4 Å². The maximum absolute atomic E-state index is 12.4. The summed E-state index contributed by atoms with van der Waals surface area (Å²) in [7, 11) is 0. The third-order valence-corrected chi connectivity index (χ3v) is 4.92. The molecule has 3 rings (SSSR count). The minimum absolute atomic E-state index is 0. The smallest absolute Gasteiger partial charge is 0.245 e. The first-order chi connectivity index (χ1) is 13.6. The molecule has 1 unspecified atom stereocenters. The molecule has 8 heteroatoms. The average molecular weight is 453 g/mol. The first-order valence-corrected chi connectivity index (χ1v) is 9.85. The third-order valence-electron chi connectivity index (χ3n) is 4.92. The number of rotatable bonds is 6. The summed E-state index contributed by atoms with van der Waals surface area (Å²) >= 11 is 0. The van der Waals surface area contributed by atoms with Crippen molar-refractivity contribution in [3.63, 3.8) is 0 Å². The van der Waals surface area contributed by atoms with E-state index in [1.165, 1.54) is 12.8 Å². The molecule has 2 amide bonds. The molecule has 2 aromatic rings. The number of carbonyl (C=O) groups excluding carboxylic acids is 2. The summed E-state index contributed by atoms with van der Waals surface area (Å²) in [5.74, 6) is -0.328. The van der Waals surface area contributed by atoms with Crippen molar-refractivity contribution in [1.82, 2.24) is 4.90 Å². The van der Waals surface area contributed by atoms with Gasteiger partial charge in [-0.3, -0.25) is 14.5 Å². The van der Waals surface area contributed by atoms with Crippen LogP contribution >= 0.6 is 24.8 Å². The Bertz CT molecular complexity index is 797. The Morgan fingerprint density at radius 1 is 0.867 bits per heavy atom. The molecule has 0 aromatic heterocycles. The number of likely N-dealkylation sites (tertiary alicyclic amines) is 1. The van der Waals surface area contributed by atoms with Gasteiger partial charge in [-0.2, -0.15) is 0 Å². The fraction of sp³-hybridized carbons (Fsp3) is 0.364. The molecule has 0 saturated carbocycles. The lowest BCUT2D eigenvalue weighted by molar-refractivity contribution is -0.118. The van der Waals surface area contributed by atoms with E-state index in [-0.39, 0.29) is 36.6 Å². The van der Waals surface area contributed by atoms with Gasteiger partial charge in [-0.15, -0.1) is 24.8 Å². The average Bonchev–Trinajstić information content (AvgIpc) is 2.97. The van der Waals surface area contributed by atoms with Gasteiger partial charge in [0.05, 0.1) is 6.54 Å². The molecular weight excluding hydrogens is 423 g/mol. The van der Waals surface area contributed by atoms with Crippen LogP contribution in [0.25, 0.3) is 0 Å². The molecule has 1 atom stereocenters. The first-order valence-electron chi connectivity index (χ1n) is 9.85. The van der Waals surface area contributed by atoms with Gasteiger partial charge < -0.3 is 16.4 Å². The quantitative estimate of drug-likeness (QED) is 0.618. The van der Waals surface area contributed by atoms with E-state index < -0.39 is 6.04 Å². The van der Waals surface area contributed by atoms with Crippen LogP contribution in [0.3, 0.4) is 0 Å². The minimum atomic E-state index is -0.748. The van der Waals surface area contributed by atoms with Crippen LogP contribution < -0.4 is 16.4 Å². The van der Waals surface area contributed by atoms with Crippen molar-refractivity contribution < 1.29 is 9.59 Å². The zero-order valence-corrected chi connectivity index (χ0v) is 18.5. The van der Waals surface area contributed by atoms with Crippen LogP contribution in [0.2, 0.25) is 0 Å². The van der Waals surface area contributed by atoms with E-state index in [1.54, 1.807) is 18.2 Å². The van der Waals surface area contributed by atoms with Gasteiger partial charge in [-0.05, 0) is 49.7 Å². The summed E-state index contributed by atoms with van der Waals surface area (Å²) in [5.41, 5.74) is 8.05. The number of nitrogens with two attached hydrogens (primary N) is 1. The molecule has 1 heterocycles. The van der Waals surface area contributed by atoms with Gasteiger partial charge in [-0.25, -0.2) is 0 Å². The van der Waals surface area contributed by atoms with E-state index in [0.717, 1.165) is 31.5 Å². The first kappa shape index (κ1) is 25.9. The van der Waals surface area contributed by atoms with E-state index in [2.05, 4.69) is 15.5 Å². The third kappa shape index (κ3) is 7.95. The van der Waals surface area contributed by atoms with Gasteiger partial charge >= 0.3 is 0 Å². The van der Waals surface area contributed by atoms with Crippen LogP contribution in [0.15, 0.2) is 54.6 Å². The largest absolute Gasteiger partial charge is 0.325 e. The lowest BCUT2D eigenvalue weighted by atomic mass is 10.1. The second kappa shape index (κ2) is 13.2. The lowest BCUT2D eigenvalue weighted by Gasteiger charge is -2.19. The van der Waals surface area contributed by atoms with Gasteiger partial charge in [0.15, 0.2) is 0 Å². The fourth-order valence-corrected chi connectivity index (χ4v) is 3.40. The molecule has 0 aliphatic carbocycles. The monoisotopic (exact) mass is 452 g/mol. The zero-order valence-electron chi connectivity index (χ0n) is 16.9. The number of hydrogen-bond donors (Lipinski definition) is 3. The maximum Gasteiger partial charge on any atom is 0.245 e. The van der Waals surface area contributed by atoms with Gasteiger partial charge in [-0.1, -0.05) is 49.2 Å². The number of benzene rings is 2. The Morgan fingerprint density at radius 2 is 1.47 bits per heavy atom. The van der Waals surface area contributed by atoms with Crippen molar-refractivity contribution in [2.45, 2.75) is 31.7 Å². The molecule has 4 N–H and O–H groups in total. The number of halogens is 2. The van der Waals surface area contributed by atoms with E-state index in [1.807, 2.05) is 36.4 Å². The summed E-state index contributed by atoms with van der Waals surface area (Å²) in [5, 5.41) is 5.74. The topological polar surface area (TPSA) is 87.5 Å². The summed E-state index contributed by atoms with van der Waals surface area (Å²) in [6.07, 6.45) is 4.78. The highest BCUT2D eigenvalue weighted by Gasteiger charge is 2.16. The number of nitrogens with one attached hydrogen (secondary N) is 2. The van der Waals surface area contributed by atoms with Gasteiger partial charge in [0.25, 0.3) is 0 Å². The van der Waals surface area contributed by atoms with E-state index >= 15 is 0 Å². The molecule has 6 nitrogen and oxygen atoms in total. The highest BCUT2D eigenvalue weighted by atomic mass is 35.5. The van der Waals surface area contributed by atoms with Crippen molar-refractivity contribution in [3.05, 3.63) is 60.2 Å². The number of amides is 2. The minimum Gasteiger partial charge on any atom is -0.325 e. The van der Waals surface area contributed by atoms with Gasteiger partial charge in [0.1, 0.15) is 6.04 Å². The Balaban J connectivity index is 0.00000225. The van der Waals surface area contributed by atoms with Crippen molar-refractivity contribution in [3.8, 4) is 0 Å². The number of nitrogens with zero attached hydrogens (tertiary/aromatic N) is 1. The molecule has 1 aliphatic rings. The normalized spacial score (nSPS) is 15.0. The molecule has 0 spiro atoms. The Morgan fingerprint density at radius 3 is 2.10 bits per heavy atom. The van der Waals surface area contributed by atoms with E-state index in [0.29, 0.717) is 17.9 Å². The summed E-state index contributed by atoms with van der Waals surface area (Å²) in [4.78, 5) is 27.0. The van der Waals surface area contributed by atoms with Crippen molar-refractivity contribution in [1.29, 1.82) is 0 Å². The van der Waals surface area contributed by atoms with Crippen LogP contribution in [-0.4, -0.2) is 36.3 Å². The summed E-state index contributed by atoms with van der Waals surface area (Å²) in [6, 6.07) is 15.6. The number of anilines is 2. The molecule has 30 heavy (non-hydrogen) atoms. The molecule has 1 fully saturated rings. The van der Waals surface area contributed by atoms with E-state index in [4.69, 9.17) is 5.73 Å². The van der Waals surface area contributed by atoms with Crippen molar-refractivity contribution in [2.24, 2.45) is 5.73 Å². The molecule has 0 bridgehead atoms. The second-order valence-corrected chi connectivity index (χ2v) is 7.20. The highest BCUT2D eigenvalue weighted by Crippen LogP contribution is 2.18. The predicted molar refractivity (Wildman–Crippen MR) is 126 cm³/mol. The van der Waals surface area contributed by atoms with E-state index in [9.17, 15) is 9.59 Å². The van der Waals surface area contributed by atoms with Crippen LogP contribution in [0, 0.1) is 0 Å². The predicted octanol–water partition coefficient (Wildman–Crippen LogP) is 3.98. The second-order valence-electron chi connectivity index (χ2n) is 7.20. The van der Waals surface area contributed by atoms with Crippen molar-refractivity contribution >= 4 is 48.0 Å². The lowest BCUT2D eigenvalue weighted by Crippen LogP contribution is -2.33. The summed E-state index contributed by atoms with van der Waals surface area (Å²) in [6.45, 7) is 2.34. The Kier molecular flexibility index (Phi) is 11.4. The summed E-state index contributed by atoms with van der Waals surface area (Å²) < 4.78 is 0.